The quantitative estimate of drug-likeness (QED) is 0.371. The molecule has 3 nitrogen and oxygen atoms in total. The van der Waals surface area contributed by atoms with Crippen molar-refractivity contribution in [2.75, 3.05) is 7.11 Å². The molecule has 3 aromatic rings. The molecule has 0 radical (unpaired) electrons. The largest absolute Gasteiger partial charge is 0.492 e. The van der Waals surface area contributed by atoms with Crippen LogP contribution in [0.4, 0.5) is 11.4 Å². The highest BCUT2D eigenvalue weighted by molar-refractivity contribution is 9.10. The van der Waals surface area contributed by atoms with Crippen LogP contribution in [0, 0.1) is 10.4 Å². The van der Waals surface area contributed by atoms with Crippen LogP contribution in [0.3, 0.4) is 0 Å². The van der Waals surface area contributed by atoms with Crippen LogP contribution in [0.5, 0.6) is 5.75 Å². The van der Waals surface area contributed by atoms with Gasteiger partial charge in [0.2, 0.25) is 0 Å². The summed E-state index contributed by atoms with van der Waals surface area (Å²) < 4.78 is 7.79. The lowest BCUT2D eigenvalue weighted by molar-refractivity contribution is 0.411. The zero-order chi connectivity index (χ0) is 16.4. The number of hydrogen-bond acceptors (Lipinski definition) is 3. The average molecular weight is 442 g/mol. The summed E-state index contributed by atoms with van der Waals surface area (Å²) in [5.41, 5.74) is 4.03. The SMILES string of the molecule is COc1c2c(cc3c1=Nc1ccc(Br)cc1-3)=c1cc(Br)ccc1=N2. The fourth-order valence-corrected chi connectivity index (χ4v) is 4.07. The van der Waals surface area contributed by atoms with Crippen LogP contribution in [0.15, 0.2) is 61.4 Å². The highest BCUT2D eigenvalue weighted by atomic mass is 79.9. The molecule has 24 heavy (non-hydrogen) atoms. The van der Waals surface area contributed by atoms with Crippen LogP contribution in [0.25, 0.3) is 11.1 Å². The summed E-state index contributed by atoms with van der Waals surface area (Å²) in [6.45, 7) is 0. The molecule has 0 aliphatic carbocycles. The van der Waals surface area contributed by atoms with Gasteiger partial charge in [0.1, 0.15) is 11.0 Å². The van der Waals surface area contributed by atoms with E-state index in [-0.39, 0.29) is 0 Å². The van der Waals surface area contributed by atoms with E-state index >= 15 is 0 Å². The van der Waals surface area contributed by atoms with Gasteiger partial charge in [-0.1, -0.05) is 31.9 Å². The minimum absolute atomic E-state index is 0.738. The van der Waals surface area contributed by atoms with Gasteiger partial charge in [-0.3, -0.25) is 0 Å². The van der Waals surface area contributed by atoms with Gasteiger partial charge in [-0.05, 0) is 42.5 Å². The third kappa shape index (κ3) is 1.88. The topological polar surface area (TPSA) is 34.0 Å². The van der Waals surface area contributed by atoms with Gasteiger partial charge in [-0.2, -0.15) is 0 Å². The van der Waals surface area contributed by atoms with Gasteiger partial charge >= 0.3 is 0 Å². The van der Waals surface area contributed by atoms with Crippen molar-refractivity contribution in [1.29, 1.82) is 0 Å². The molecule has 0 fully saturated rings. The Morgan fingerprint density at radius 1 is 0.833 bits per heavy atom. The van der Waals surface area contributed by atoms with Gasteiger partial charge in [0.15, 0.2) is 5.75 Å². The second-order valence-corrected chi connectivity index (χ2v) is 7.58. The van der Waals surface area contributed by atoms with Crippen molar-refractivity contribution in [3.63, 3.8) is 0 Å². The highest BCUT2D eigenvalue weighted by Gasteiger charge is 2.22. The number of benzene rings is 3. The van der Waals surface area contributed by atoms with E-state index in [0.717, 1.165) is 58.3 Å². The standard InChI is InChI=1S/C19H10Br2N2O/c1-24-19-17-13(11-6-9(20)2-4-15(11)22-17)8-14-12-7-10(21)3-5-16(12)23-18(14)19/h2-8H,1H3. The molecular formula is C19H10Br2N2O. The van der Waals surface area contributed by atoms with Crippen molar-refractivity contribution < 1.29 is 4.74 Å². The molecule has 116 valence electrons. The third-order valence-electron chi connectivity index (χ3n) is 4.40. The Bertz CT molecular complexity index is 1270. The lowest BCUT2D eigenvalue weighted by atomic mass is 10.0. The molecule has 2 aliphatic rings. The molecular weight excluding hydrogens is 432 g/mol. The van der Waals surface area contributed by atoms with E-state index in [1.165, 1.54) is 0 Å². The van der Waals surface area contributed by atoms with Gasteiger partial charge in [0, 0.05) is 30.5 Å². The van der Waals surface area contributed by atoms with Gasteiger partial charge < -0.3 is 4.74 Å². The lowest BCUT2D eigenvalue weighted by Crippen LogP contribution is -2.07. The van der Waals surface area contributed by atoms with E-state index < -0.39 is 0 Å². The molecule has 5 rings (SSSR count). The predicted octanol–water partition coefficient (Wildman–Crippen LogP) is 4.70. The van der Waals surface area contributed by atoms with E-state index in [4.69, 9.17) is 14.7 Å². The van der Waals surface area contributed by atoms with Gasteiger partial charge in [0.05, 0.1) is 18.2 Å². The van der Waals surface area contributed by atoms with Crippen molar-refractivity contribution in [3.8, 4) is 16.9 Å². The van der Waals surface area contributed by atoms with Crippen molar-refractivity contribution in [1.82, 2.24) is 0 Å². The van der Waals surface area contributed by atoms with Crippen LogP contribution in [0.1, 0.15) is 0 Å². The number of methoxy groups -OCH3 is 1. The summed E-state index contributed by atoms with van der Waals surface area (Å²) in [5, 5.41) is 4.03. The highest BCUT2D eigenvalue weighted by Crippen LogP contribution is 2.40. The van der Waals surface area contributed by atoms with Crippen LogP contribution in [0.2, 0.25) is 0 Å². The zero-order valence-electron chi connectivity index (χ0n) is 12.6. The maximum atomic E-state index is 5.71. The Labute approximate surface area is 154 Å². The minimum Gasteiger partial charge on any atom is -0.492 e. The molecule has 0 aromatic heterocycles. The maximum Gasteiger partial charge on any atom is 0.171 e. The second-order valence-electron chi connectivity index (χ2n) is 5.75. The summed E-state index contributed by atoms with van der Waals surface area (Å²) in [6.07, 6.45) is 0. The van der Waals surface area contributed by atoms with Crippen LogP contribution >= 0.6 is 31.9 Å². The summed E-state index contributed by atoms with van der Waals surface area (Å²) in [5.74, 6) is 0.738. The molecule has 0 amide bonds. The first-order valence-electron chi connectivity index (χ1n) is 7.44. The zero-order valence-corrected chi connectivity index (χ0v) is 15.8. The Balaban J connectivity index is 1.99. The summed E-state index contributed by atoms with van der Waals surface area (Å²) >= 11 is 7.10. The van der Waals surface area contributed by atoms with Crippen LogP contribution in [-0.2, 0) is 0 Å². The van der Waals surface area contributed by atoms with E-state index in [9.17, 15) is 0 Å². The molecule has 2 heterocycles. The number of nitrogens with zero attached hydrogens (tertiary/aromatic N) is 2. The summed E-state index contributed by atoms with van der Waals surface area (Å²) in [4.78, 5) is 9.54. The number of fused-ring (bicyclic) bond motifs is 5. The van der Waals surface area contributed by atoms with Crippen LogP contribution < -0.4 is 15.5 Å². The first kappa shape index (κ1) is 14.4. The Hall–Kier alpha value is -1.98. The molecule has 3 aromatic carbocycles. The number of halogens is 2. The van der Waals surface area contributed by atoms with Crippen molar-refractivity contribution >= 4 is 43.2 Å². The molecule has 0 bridgehead atoms. The van der Waals surface area contributed by atoms with E-state index in [1.807, 2.05) is 24.3 Å². The first-order valence-corrected chi connectivity index (χ1v) is 9.02. The second kappa shape index (κ2) is 5.01. The van der Waals surface area contributed by atoms with Crippen molar-refractivity contribution in [2.24, 2.45) is 9.98 Å². The minimum atomic E-state index is 0.738. The predicted molar refractivity (Wildman–Crippen MR) is 99.6 cm³/mol. The number of ether oxygens (including phenoxy) is 1. The molecule has 0 atom stereocenters. The summed E-state index contributed by atoms with van der Waals surface area (Å²) in [6, 6.07) is 14.4. The Morgan fingerprint density at radius 2 is 1.62 bits per heavy atom. The van der Waals surface area contributed by atoms with Crippen molar-refractivity contribution in [2.45, 2.75) is 0 Å². The van der Waals surface area contributed by atoms with Crippen LogP contribution in [-0.4, -0.2) is 7.11 Å². The fourth-order valence-electron chi connectivity index (χ4n) is 3.35. The molecule has 0 saturated heterocycles. The molecule has 2 aliphatic heterocycles. The molecule has 0 unspecified atom stereocenters. The monoisotopic (exact) mass is 440 g/mol. The van der Waals surface area contributed by atoms with E-state index in [2.05, 4.69) is 50.1 Å². The summed E-state index contributed by atoms with van der Waals surface area (Å²) in [7, 11) is 1.68. The smallest absolute Gasteiger partial charge is 0.171 e. The van der Waals surface area contributed by atoms with E-state index in [1.54, 1.807) is 7.11 Å². The number of rotatable bonds is 1. The number of hydrogen-bond donors (Lipinski definition) is 0. The molecule has 0 saturated carbocycles. The van der Waals surface area contributed by atoms with E-state index in [0.29, 0.717) is 0 Å². The first-order chi connectivity index (χ1) is 11.7. The molecule has 0 spiro atoms. The third-order valence-corrected chi connectivity index (χ3v) is 5.38. The molecule has 5 heteroatoms. The van der Waals surface area contributed by atoms with Gasteiger partial charge in [-0.15, -0.1) is 0 Å². The maximum absolute atomic E-state index is 5.71. The molecule has 0 N–H and O–H groups in total. The fraction of sp³-hybridized carbons (Fsp3) is 0.0526. The lowest BCUT2D eigenvalue weighted by Gasteiger charge is -2.06. The van der Waals surface area contributed by atoms with Crippen molar-refractivity contribution in [3.05, 3.63) is 72.6 Å². The Kier molecular flexibility index (Phi) is 3.00. The Morgan fingerprint density at radius 3 is 2.46 bits per heavy atom. The normalized spacial score (nSPS) is 12.6. The van der Waals surface area contributed by atoms with Gasteiger partial charge in [0.25, 0.3) is 0 Å². The average Bonchev–Trinajstić information content (AvgIpc) is 3.10. The van der Waals surface area contributed by atoms with Gasteiger partial charge in [-0.25, -0.2) is 9.98 Å².